The highest BCUT2D eigenvalue weighted by Crippen LogP contribution is 2.33. The van der Waals surface area contributed by atoms with Crippen molar-refractivity contribution in [2.24, 2.45) is 0 Å². The summed E-state index contributed by atoms with van der Waals surface area (Å²) in [5.41, 5.74) is -1.36. The highest BCUT2D eigenvalue weighted by atomic mass is 32.1. The molecule has 24 heavy (non-hydrogen) atoms. The summed E-state index contributed by atoms with van der Waals surface area (Å²) in [4.78, 5) is 34.9. The van der Waals surface area contributed by atoms with Gasteiger partial charge >= 0.3 is 5.97 Å². The molecule has 0 aliphatic heterocycles. The Hall–Kier alpha value is -2.28. The number of anilines is 1. The predicted octanol–water partition coefficient (Wildman–Crippen LogP) is 2.54. The number of hydrogen-bond acceptors (Lipinski definition) is 6. The van der Waals surface area contributed by atoms with Gasteiger partial charge in [0.05, 0.1) is 0 Å². The van der Waals surface area contributed by atoms with Gasteiger partial charge in [-0.15, -0.1) is 11.3 Å². The molecule has 0 spiro atoms. The summed E-state index contributed by atoms with van der Waals surface area (Å²) in [6.45, 7) is 2.81. The van der Waals surface area contributed by atoms with E-state index in [-0.39, 0.29) is 6.42 Å². The normalized spacial score (nSPS) is 13.2. The zero-order valence-corrected chi connectivity index (χ0v) is 14.6. The van der Waals surface area contributed by atoms with Gasteiger partial charge in [-0.25, -0.2) is 9.97 Å². The summed E-state index contributed by atoms with van der Waals surface area (Å²) in [5, 5.41) is 11.7. The molecule has 0 bridgehead atoms. The van der Waals surface area contributed by atoms with Crippen LogP contribution in [0.15, 0.2) is 30.0 Å². The predicted molar refractivity (Wildman–Crippen MR) is 93.6 cm³/mol. The Labute approximate surface area is 145 Å². The third-order valence-electron chi connectivity index (χ3n) is 4.00. The highest BCUT2D eigenvalue weighted by Gasteiger charge is 2.44. The van der Waals surface area contributed by atoms with Crippen LogP contribution in [-0.4, -0.2) is 40.9 Å². The van der Waals surface area contributed by atoms with E-state index in [1.807, 2.05) is 29.5 Å². The third kappa shape index (κ3) is 3.62. The molecule has 0 saturated heterocycles. The summed E-state index contributed by atoms with van der Waals surface area (Å²) in [7, 11) is 1.85. The molecule has 1 unspecified atom stereocenters. The maximum absolute atomic E-state index is 12.1. The van der Waals surface area contributed by atoms with Gasteiger partial charge in [0, 0.05) is 36.7 Å². The molecule has 0 aliphatic rings. The van der Waals surface area contributed by atoms with Crippen molar-refractivity contribution in [2.75, 3.05) is 18.5 Å². The molecule has 0 aromatic carbocycles. The first-order valence-corrected chi connectivity index (χ1v) is 8.67. The Bertz CT molecular complexity index is 690. The number of rotatable bonds is 9. The minimum absolute atomic E-state index is 0.0888. The maximum atomic E-state index is 12.1. The second kappa shape index (κ2) is 8.01. The van der Waals surface area contributed by atoms with E-state index < -0.39 is 11.4 Å². The fourth-order valence-corrected chi connectivity index (χ4v) is 3.37. The van der Waals surface area contributed by atoms with Crippen LogP contribution in [0.2, 0.25) is 0 Å². The van der Waals surface area contributed by atoms with Crippen molar-refractivity contribution in [3.63, 3.8) is 0 Å². The molecule has 0 fully saturated rings. The number of carboxylic acid groups (broad SMARTS) is 1. The SMILES string of the molecule is CCCCN(C)c1ncncc1C(C=O)(Cc1cccs1)C(=O)O. The number of aromatic nitrogens is 2. The van der Waals surface area contributed by atoms with Gasteiger partial charge in [-0.05, 0) is 17.9 Å². The minimum Gasteiger partial charge on any atom is -0.480 e. The number of nitrogens with zero attached hydrogens (tertiary/aromatic N) is 3. The second-order valence-corrected chi connectivity index (χ2v) is 6.72. The maximum Gasteiger partial charge on any atom is 0.322 e. The minimum atomic E-state index is -1.69. The summed E-state index contributed by atoms with van der Waals surface area (Å²) in [5.74, 6) is -0.699. The molecule has 0 aliphatic carbocycles. The van der Waals surface area contributed by atoms with Crippen molar-refractivity contribution in [1.29, 1.82) is 0 Å². The molecule has 7 heteroatoms. The van der Waals surface area contributed by atoms with Crippen molar-refractivity contribution >= 4 is 29.4 Å². The number of unbranched alkanes of at least 4 members (excludes halogenated alkanes) is 1. The molecule has 0 amide bonds. The first-order chi connectivity index (χ1) is 11.5. The van der Waals surface area contributed by atoms with E-state index in [9.17, 15) is 14.7 Å². The van der Waals surface area contributed by atoms with E-state index >= 15 is 0 Å². The van der Waals surface area contributed by atoms with Crippen LogP contribution in [0.4, 0.5) is 5.82 Å². The molecule has 128 valence electrons. The average molecular weight is 347 g/mol. The van der Waals surface area contributed by atoms with E-state index in [0.29, 0.717) is 17.7 Å². The number of aliphatic carboxylic acids is 1. The average Bonchev–Trinajstić information content (AvgIpc) is 3.10. The van der Waals surface area contributed by atoms with E-state index in [4.69, 9.17) is 0 Å². The van der Waals surface area contributed by atoms with Gasteiger partial charge in [-0.1, -0.05) is 19.4 Å². The highest BCUT2D eigenvalue weighted by molar-refractivity contribution is 7.09. The van der Waals surface area contributed by atoms with Crippen molar-refractivity contribution in [1.82, 2.24) is 9.97 Å². The lowest BCUT2D eigenvalue weighted by Crippen LogP contribution is -2.41. The number of thiophene rings is 1. The summed E-state index contributed by atoms with van der Waals surface area (Å²) in [6, 6.07) is 3.67. The van der Waals surface area contributed by atoms with E-state index in [0.717, 1.165) is 24.3 Å². The Balaban J connectivity index is 2.50. The van der Waals surface area contributed by atoms with E-state index in [1.54, 1.807) is 0 Å². The van der Waals surface area contributed by atoms with Crippen LogP contribution in [0, 0.1) is 0 Å². The van der Waals surface area contributed by atoms with Gasteiger partial charge in [-0.2, -0.15) is 0 Å². The molecular formula is C17H21N3O3S. The lowest BCUT2D eigenvalue weighted by Gasteiger charge is -2.28. The number of carboxylic acids is 1. The molecule has 6 nitrogen and oxygen atoms in total. The topological polar surface area (TPSA) is 83.4 Å². The zero-order valence-electron chi connectivity index (χ0n) is 13.8. The van der Waals surface area contributed by atoms with Crippen molar-refractivity contribution in [3.05, 3.63) is 40.5 Å². The van der Waals surface area contributed by atoms with Crippen LogP contribution in [0.3, 0.4) is 0 Å². The summed E-state index contributed by atoms with van der Waals surface area (Å²) >= 11 is 1.43. The molecular weight excluding hydrogens is 326 g/mol. The first-order valence-electron chi connectivity index (χ1n) is 7.79. The standard InChI is InChI=1S/C17H21N3O3S/c1-3-4-7-20(2)15-14(10-18-12-19-15)17(11-21,16(22)23)9-13-6-5-8-24-13/h5-6,8,10-12H,3-4,7,9H2,1-2H3,(H,22,23). The monoisotopic (exact) mass is 347 g/mol. The van der Waals surface area contributed by atoms with Crippen LogP contribution < -0.4 is 4.90 Å². The Kier molecular flexibility index (Phi) is 6.03. The van der Waals surface area contributed by atoms with Crippen LogP contribution in [0.1, 0.15) is 30.2 Å². The van der Waals surface area contributed by atoms with Crippen molar-refractivity contribution < 1.29 is 14.7 Å². The molecule has 2 heterocycles. The Morgan fingerprint density at radius 3 is 2.88 bits per heavy atom. The zero-order chi connectivity index (χ0) is 17.6. The first kappa shape index (κ1) is 18.1. The number of hydrogen-bond donors (Lipinski definition) is 1. The number of carbonyl (C=O) groups excluding carboxylic acids is 1. The fourth-order valence-electron chi connectivity index (χ4n) is 2.57. The number of aldehydes is 1. The van der Waals surface area contributed by atoms with Gasteiger partial charge in [0.25, 0.3) is 0 Å². The van der Waals surface area contributed by atoms with Gasteiger partial charge in [0.15, 0.2) is 5.41 Å². The van der Waals surface area contributed by atoms with Crippen molar-refractivity contribution in [2.45, 2.75) is 31.6 Å². The lowest BCUT2D eigenvalue weighted by molar-refractivity contribution is -0.145. The van der Waals surface area contributed by atoms with Crippen LogP contribution in [-0.2, 0) is 21.4 Å². The largest absolute Gasteiger partial charge is 0.480 e. The van der Waals surface area contributed by atoms with Crippen molar-refractivity contribution in [3.8, 4) is 0 Å². The smallest absolute Gasteiger partial charge is 0.322 e. The van der Waals surface area contributed by atoms with Gasteiger partial charge in [0.2, 0.25) is 0 Å². The fraction of sp³-hybridized carbons (Fsp3) is 0.412. The lowest BCUT2D eigenvalue weighted by atomic mass is 9.79. The molecule has 2 aromatic heterocycles. The van der Waals surface area contributed by atoms with Crippen LogP contribution in [0.25, 0.3) is 0 Å². The van der Waals surface area contributed by atoms with Gasteiger partial charge < -0.3 is 14.8 Å². The second-order valence-electron chi connectivity index (χ2n) is 5.69. The van der Waals surface area contributed by atoms with Gasteiger partial charge in [0.1, 0.15) is 18.4 Å². The summed E-state index contributed by atoms with van der Waals surface area (Å²) < 4.78 is 0. The van der Waals surface area contributed by atoms with E-state index in [1.165, 1.54) is 23.9 Å². The Morgan fingerprint density at radius 2 is 2.29 bits per heavy atom. The number of carbonyl (C=O) groups is 2. The Morgan fingerprint density at radius 1 is 1.50 bits per heavy atom. The van der Waals surface area contributed by atoms with Crippen LogP contribution >= 0.6 is 11.3 Å². The van der Waals surface area contributed by atoms with E-state index in [2.05, 4.69) is 16.9 Å². The summed E-state index contributed by atoms with van der Waals surface area (Å²) in [6.07, 6.45) is 5.38. The molecule has 0 saturated carbocycles. The molecule has 2 rings (SSSR count). The quantitative estimate of drug-likeness (QED) is 0.554. The van der Waals surface area contributed by atoms with Crippen LogP contribution in [0.5, 0.6) is 0 Å². The molecule has 2 aromatic rings. The molecule has 1 N–H and O–H groups in total. The van der Waals surface area contributed by atoms with Gasteiger partial charge in [-0.3, -0.25) is 4.79 Å². The molecule has 0 radical (unpaired) electrons. The third-order valence-corrected chi connectivity index (χ3v) is 4.87. The molecule has 1 atom stereocenters.